The number of hydrogen-bond acceptors (Lipinski definition) is 2. The highest BCUT2D eigenvalue weighted by Crippen LogP contribution is 2.33. The first-order chi connectivity index (χ1) is 7.19. The fourth-order valence-corrected chi connectivity index (χ4v) is 2.50. The standard InChI is InChI=1S/C11H9Br2NO/c1-2-15-11-8(4-3-5-14)6-9(12)7-10(11)13/h3-4,6-7H,2H2,1H3. The van der Waals surface area contributed by atoms with Crippen molar-refractivity contribution in [3.8, 4) is 11.8 Å². The third kappa shape index (κ3) is 3.37. The van der Waals surface area contributed by atoms with Gasteiger partial charge in [0.2, 0.25) is 0 Å². The molecule has 15 heavy (non-hydrogen) atoms. The van der Waals surface area contributed by atoms with Gasteiger partial charge in [0, 0.05) is 16.1 Å². The molecular formula is C11H9Br2NO. The van der Waals surface area contributed by atoms with Crippen molar-refractivity contribution >= 4 is 37.9 Å². The van der Waals surface area contributed by atoms with E-state index in [1.165, 1.54) is 6.08 Å². The van der Waals surface area contributed by atoms with E-state index in [0.29, 0.717) is 6.61 Å². The summed E-state index contributed by atoms with van der Waals surface area (Å²) in [5.74, 6) is 0.757. The molecule has 0 saturated heterocycles. The van der Waals surface area contributed by atoms with Crippen LogP contribution < -0.4 is 4.74 Å². The van der Waals surface area contributed by atoms with Crippen LogP contribution in [-0.4, -0.2) is 6.61 Å². The van der Waals surface area contributed by atoms with Crippen molar-refractivity contribution < 1.29 is 4.74 Å². The Labute approximate surface area is 106 Å². The molecule has 78 valence electrons. The van der Waals surface area contributed by atoms with Gasteiger partial charge in [0.1, 0.15) is 5.75 Å². The minimum absolute atomic E-state index is 0.591. The quantitative estimate of drug-likeness (QED) is 0.780. The van der Waals surface area contributed by atoms with E-state index >= 15 is 0 Å². The number of halogens is 2. The van der Waals surface area contributed by atoms with Crippen LogP contribution in [0.1, 0.15) is 12.5 Å². The molecule has 0 spiro atoms. The fourth-order valence-electron chi connectivity index (χ4n) is 1.13. The van der Waals surface area contributed by atoms with E-state index in [9.17, 15) is 0 Å². The molecule has 0 saturated carbocycles. The minimum Gasteiger partial charge on any atom is -0.492 e. The molecule has 0 fully saturated rings. The molecule has 4 heteroatoms. The van der Waals surface area contributed by atoms with Crippen LogP contribution in [0.5, 0.6) is 5.75 Å². The molecule has 0 bridgehead atoms. The Morgan fingerprint density at radius 3 is 2.80 bits per heavy atom. The minimum atomic E-state index is 0.591. The molecule has 1 aromatic rings. The first-order valence-corrected chi connectivity index (χ1v) is 5.95. The van der Waals surface area contributed by atoms with E-state index in [1.54, 1.807) is 6.08 Å². The molecule has 0 aromatic heterocycles. The zero-order valence-electron chi connectivity index (χ0n) is 8.13. The average Bonchev–Trinajstić information content (AvgIpc) is 2.19. The zero-order valence-corrected chi connectivity index (χ0v) is 11.3. The molecule has 0 unspecified atom stereocenters. The molecule has 0 radical (unpaired) electrons. The van der Waals surface area contributed by atoms with Gasteiger partial charge in [-0.25, -0.2) is 0 Å². The van der Waals surface area contributed by atoms with Crippen molar-refractivity contribution in [3.63, 3.8) is 0 Å². The van der Waals surface area contributed by atoms with Crippen molar-refractivity contribution in [2.45, 2.75) is 6.92 Å². The highest BCUT2D eigenvalue weighted by molar-refractivity contribution is 9.11. The van der Waals surface area contributed by atoms with Crippen molar-refractivity contribution in [1.82, 2.24) is 0 Å². The number of allylic oxidation sites excluding steroid dienone is 1. The lowest BCUT2D eigenvalue weighted by Gasteiger charge is -2.09. The van der Waals surface area contributed by atoms with Gasteiger partial charge in [-0.2, -0.15) is 5.26 Å². The summed E-state index contributed by atoms with van der Waals surface area (Å²) in [6.07, 6.45) is 3.15. The monoisotopic (exact) mass is 329 g/mol. The predicted octanol–water partition coefficient (Wildman–Crippen LogP) is 4.15. The zero-order chi connectivity index (χ0) is 11.3. The van der Waals surface area contributed by atoms with Crippen LogP contribution >= 0.6 is 31.9 Å². The lowest BCUT2D eigenvalue weighted by atomic mass is 10.2. The lowest BCUT2D eigenvalue weighted by molar-refractivity contribution is 0.337. The Kier molecular flexibility index (Phi) is 4.86. The second-order valence-corrected chi connectivity index (χ2v) is 4.47. The number of nitrogens with zero attached hydrogens (tertiary/aromatic N) is 1. The summed E-state index contributed by atoms with van der Waals surface area (Å²) in [4.78, 5) is 0. The second kappa shape index (κ2) is 5.94. The van der Waals surface area contributed by atoms with E-state index in [4.69, 9.17) is 10.00 Å². The molecule has 0 aliphatic heterocycles. The van der Waals surface area contributed by atoms with Crippen molar-refractivity contribution in [1.29, 1.82) is 5.26 Å². The van der Waals surface area contributed by atoms with Crippen molar-refractivity contribution in [2.75, 3.05) is 6.61 Å². The summed E-state index contributed by atoms with van der Waals surface area (Å²) in [5.41, 5.74) is 0.875. The highest BCUT2D eigenvalue weighted by Gasteiger charge is 2.07. The Hall–Kier alpha value is -0.790. The molecule has 0 aliphatic rings. The summed E-state index contributed by atoms with van der Waals surface area (Å²) in [6, 6.07) is 5.78. The first kappa shape index (κ1) is 12.3. The average molecular weight is 331 g/mol. The van der Waals surface area contributed by atoms with Crippen LogP contribution in [0.3, 0.4) is 0 Å². The summed E-state index contributed by atoms with van der Waals surface area (Å²) >= 11 is 6.81. The van der Waals surface area contributed by atoms with Gasteiger partial charge < -0.3 is 4.74 Å². The van der Waals surface area contributed by atoms with Gasteiger partial charge in [-0.1, -0.05) is 15.9 Å². The number of hydrogen-bond donors (Lipinski definition) is 0. The summed E-state index contributed by atoms with van der Waals surface area (Å²) in [7, 11) is 0. The Morgan fingerprint density at radius 2 is 2.20 bits per heavy atom. The van der Waals surface area contributed by atoms with Crippen molar-refractivity contribution in [2.24, 2.45) is 0 Å². The number of nitriles is 1. The highest BCUT2D eigenvalue weighted by atomic mass is 79.9. The molecule has 1 aromatic carbocycles. The van der Waals surface area contributed by atoms with Crippen molar-refractivity contribution in [3.05, 3.63) is 32.7 Å². The summed E-state index contributed by atoms with van der Waals surface area (Å²) in [6.45, 7) is 2.51. The van der Waals surface area contributed by atoms with Gasteiger partial charge in [-0.3, -0.25) is 0 Å². The van der Waals surface area contributed by atoms with E-state index in [-0.39, 0.29) is 0 Å². The third-order valence-corrected chi connectivity index (χ3v) is 2.71. The Morgan fingerprint density at radius 1 is 1.47 bits per heavy atom. The van der Waals surface area contributed by atoms with E-state index in [0.717, 1.165) is 20.3 Å². The van der Waals surface area contributed by atoms with Gasteiger partial charge in [0.15, 0.2) is 0 Å². The maximum absolute atomic E-state index is 8.49. The van der Waals surface area contributed by atoms with Crippen LogP contribution in [0, 0.1) is 11.3 Å². The number of benzene rings is 1. The maximum Gasteiger partial charge on any atom is 0.140 e. The predicted molar refractivity (Wildman–Crippen MR) is 67.7 cm³/mol. The maximum atomic E-state index is 8.49. The Balaban J connectivity index is 3.21. The van der Waals surface area contributed by atoms with E-state index in [2.05, 4.69) is 31.9 Å². The number of rotatable bonds is 3. The van der Waals surface area contributed by atoms with Gasteiger partial charge in [-0.05, 0) is 41.1 Å². The SMILES string of the molecule is CCOc1c(Br)cc(Br)cc1C=CC#N. The summed E-state index contributed by atoms with van der Waals surface area (Å²) in [5, 5.41) is 8.49. The van der Waals surface area contributed by atoms with Gasteiger partial charge in [0.05, 0.1) is 17.1 Å². The topological polar surface area (TPSA) is 33.0 Å². The molecule has 0 atom stereocenters. The number of ether oxygens (including phenoxy) is 1. The van der Waals surface area contributed by atoms with Crippen LogP contribution in [0.15, 0.2) is 27.2 Å². The molecule has 2 nitrogen and oxygen atoms in total. The smallest absolute Gasteiger partial charge is 0.140 e. The van der Waals surface area contributed by atoms with Gasteiger partial charge in [-0.15, -0.1) is 0 Å². The van der Waals surface area contributed by atoms with Crippen LogP contribution in [0.2, 0.25) is 0 Å². The van der Waals surface area contributed by atoms with Crippen LogP contribution in [0.25, 0.3) is 6.08 Å². The molecule has 0 N–H and O–H groups in total. The largest absolute Gasteiger partial charge is 0.492 e. The Bertz CT molecular complexity index is 421. The third-order valence-electron chi connectivity index (χ3n) is 1.66. The molecule has 0 aliphatic carbocycles. The molecule has 0 heterocycles. The second-order valence-electron chi connectivity index (χ2n) is 2.70. The normalized spacial score (nSPS) is 10.3. The summed E-state index contributed by atoms with van der Waals surface area (Å²) < 4.78 is 7.30. The lowest BCUT2D eigenvalue weighted by Crippen LogP contribution is -1.95. The first-order valence-electron chi connectivity index (χ1n) is 4.37. The van der Waals surface area contributed by atoms with Gasteiger partial charge in [0.25, 0.3) is 0 Å². The van der Waals surface area contributed by atoms with Crippen LogP contribution in [-0.2, 0) is 0 Å². The van der Waals surface area contributed by atoms with E-state index < -0.39 is 0 Å². The van der Waals surface area contributed by atoms with E-state index in [1.807, 2.05) is 25.1 Å². The molecule has 0 amide bonds. The molecular weight excluding hydrogens is 322 g/mol. The van der Waals surface area contributed by atoms with Crippen LogP contribution in [0.4, 0.5) is 0 Å². The van der Waals surface area contributed by atoms with Gasteiger partial charge >= 0.3 is 0 Å². The molecule has 1 rings (SSSR count). The fraction of sp³-hybridized carbons (Fsp3) is 0.182.